The number of nitrogens with one attached hydrogen (secondary N) is 1. The van der Waals surface area contributed by atoms with Gasteiger partial charge in [0.05, 0.1) is 5.69 Å². The Kier molecular flexibility index (Phi) is 4.71. The summed E-state index contributed by atoms with van der Waals surface area (Å²) in [6, 6.07) is 16.5. The van der Waals surface area contributed by atoms with E-state index in [2.05, 4.69) is 50.5 Å². The van der Waals surface area contributed by atoms with Gasteiger partial charge in [0.15, 0.2) is 0 Å². The van der Waals surface area contributed by atoms with Crippen LogP contribution in [0.4, 0.5) is 0 Å². The van der Waals surface area contributed by atoms with Crippen molar-refractivity contribution in [2.75, 3.05) is 6.54 Å². The van der Waals surface area contributed by atoms with E-state index in [4.69, 9.17) is 0 Å². The van der Waals surface area contributed by atoms with Crippen molar-refractivity contribution >= 4 is 15.9 Å². The zero-order valence-electron chi connectivity index (χ0n) is 9.57. The lowest BCUT2D eigenvalue weighted by atomic mass is 10.1. The third-order valence-electron chi connectivity index (χ3n) is 2.51. The van der Waals surface area contributed by atoms with E-state index in [9.17, 15) is 0 Å². The van der Waals surface area contributed by atoms with Crippen LogP contribution in [0, 0.1) is 0 Å². The Balaban J connectivity index is 1.73. The maximum absolute atomic E-state index is 4.37. The molecule has 1 aromatic heterocycles. The van der Waals surface area contributed by atoms with Gasteiger partial charge in [-0.25, -0.2) is 4.98 Å². The molecule has 0 radical (unpaired) electrons. The monoisotopic (exact) mass is 290 g/mol. The Bertz CT molecular complexity index is 457. The van der Waals surface area contributed by atoms with Crippen molar-refractivity contribution in [1.82, 2.24) is 10.3 Å². The number of benzene rings is 1. The number of halogens is 1. The van der Waals surface area contributed by atoms with Crippen LogP contribution in [0.5, 0.6) is 0 Å². The van der Waals surface area contributed by atoms with Crippen LogP contribution < -0.4 is 5.32 Å². The number of hydrogen-bond acceptors (Lipinski definition) is 2. The third kappa shape index (κ3) is 4.29. The van der Waals surface area contributed by atoms with Gasteiger partial charge in [0.25, 0.3) is 0 Å². The van der Waals surface area contributed by atoms with Crippen molar-refractivity contribution in [3.05, 3.63) is 64.4 Å². The van der Waals surface area contributed by atoms with Crippen molar-refractivity contribution in [2.45, 2.75) is 13.0 Å². The van der Waals surface area contributed by atoms with Crippen LogP contribution in [0.15, 0.2) is 53.1 Å². The molecular weight excluding hydrogens is 276 g/mol. The lowest BCUT2D eigenvalue weighted by molar-refractivity contribution is 0.674. The molecule has 0 bridgehead atoms. The quantitative estimate of drug-likeness (QED) is 0.676. The van der Waals surface area contributed by atoms with E-state index in [1.165, 1.54) is 5.56 Å². The van der Waals surface area contributed by atoms with Gasteiger partial charge in [0.2, 0.25) is 0 Å². The fourth-order valence-corrected chi connectivity index (χ4v) is 2.02. The summed E-state index contributed by atoms with van der Waals surface area (Å²) in [5.41, 5.74) is 2.43. The smallest absolute Gasteiger partial charge is 0.106 e. The standard InChI is InChI=1S/C14H15BrN2/c15-14-8-4-7-13(17-14)11-16-10-9-12-5-2-1-3-6-12/h1-8,16H,9-11H2. The first-order valence-corrected chi connectivity index (χ1v) is 6.50. The first-order valence-electron chi connectivity index (χ1n) is 5.71. The predicted octanol–water partition coefficient (Wildman–Crippen LogP) is 3.18. The van der Waals surface area contributed by atoms with Crippen LogP contribution in [0.3, 0.4) is 0 Å². The van der Waals surface area contributed by atoms with Crippen LogP contribution in [0.25, 0.3) is 0 Å². The maximum atomic E-state index is 4.37. The molecule has 1 aromatic carbocycles. The van der Waals surface area contributed by atoms with Gasteiger partial charge < -0.3 is 5.32 Å². The Morgan fingerprint density at radius 2 is 1.82 bits per heavy atom. The van der Waals surface area contributed by atoms with E-state index in [0.29, 0.717) is 0 Å². The zero-order valence-corrected chi connectivity index (χ0v) is 11.2. The summed E-state index contributed by atoms with van der Waals surface area (Å²) in [5, 5.41) is 3.39. The molecule has 2 aromatic rings. The molecule has 0 spiro atoms. The van der Waals surface area contributed by atoms with E-state index in [0.717, 1.165) is 29.8 Å². The molecule has 2 rings (SSSR count). The molecule has 0 saturated carbocycles. The van der Waals surface area contributed by atoms with Gasteiger partial charge >= 0.3 is 0 Å². The Labute approximate surface area is 110 Å². The van der Waals surface area contributed by atoms with Crippen LogP contribution in [-0.2, 0) is 13.0 Å². The van der Waals surface area contributed by atoms with Gasteiger partial charge in [-0.2, -0.15) is 0 Å². The molecule has 17 heavy (non-hydrogen) atoms. The molecule has 3 heteroatoms. The SMILES string of the molecule is Brc1cccc(CNCCc2ccccc2)n1. The minimum atomic E-state index is 0.812. The second-order valence-electron chi connectivity index (χ2n) is 3.86. The molecule has 1 heterocycles. The average molecular weight is 291 g/mol. The number of rotatable bonds is 5. The van der Waals surface area contributed by atoms with Crippen molar-refractivity contribution < 1.29 is 0 Å². The highest BCUT2D eigenvalue weighted by atomic mass is 79.9. The Morgan fingerprint density at radius 1 is 1.00 bits per heavy atom. The maximum Gasteiger partial charge on any atom is 0.106 e. The molecule has 88 valence electrons. The first-order chi connectivity index (χ1) is 8.34. The number of hydrogen-bond donors (Lipinski definition) is 1. The normalized spacial score (nSPS) is 10.4. The summed E-state index contributed by atoms with van der Waals surface area (Å²) in [4.78, 5) is 4.37. The highest BCUT2D eigenvalue weighted by Crippen LogP contribution is 2.06. The van der Waals surface area contributed by atoms with E-state index < -0.39 is 0 Å². The molecule has 0 fully saturated rings. The Morgan fingerprint density at radius 3 is 2.59 bits per heavy atom. The third-order valence-corrected chi connectivity index (χ3v) is 2.95. The summed E-state index contributed by atoms with van der Waals surface area (Å²) in [6.45, 7) is 1.78. The molecule has 0 amide bonds. The summed E-state index contributed by atoms with van der Waals surface area (Å²) in [6.07, 6.45) is 1.05. The highest BCUT2D eigenvalue weighted by molar-refractivity contribution is 9.10. The lowest BCUT2D eigenvalue weighted by Crippen LogP contribution is -2.17. The second kappa shape index (κ2) is 6.52. The molecule has 0 aliphatic carbocycles. The van der Waals surface area contributed by atoms with E-state index >= 15 is 0 Å². The molecule has 0 unspecified atom stereocenters. The van der Waals surface area contributed by atoms with Crippen molar-refractivity contribution in [3.63, 3.8) is 0 Å². The van der Waals surface area contributed by atoms with Crippen LogP contribution >= 0.6 is 15.9 Å². The van der Waals surface area contributed by atoms with Crippen molar-refractivity contribution in [2.24, 2.45) is 0 Å². The molecule has 0 aliphatic heterocycles. The number of aromatic nitrogens is 1. The molecule has 0 atom stereocenters. The minimum Gasteiger partial charge on any atom is -0.311 e. The van der Waals surface area contributed by atoms with Gasteiger partial charge in [-0.1, -0.05) is 36.4 Å². The van der Waals surface area contributed by atoms with Crippen LogP contribution in [0.1, 0.15) is 11.3 Å². The van der Waals surface area contributed by atoms with Crippen molar-refractivity contribution in [3.8, 4) is 0 Å². The van der Waals surface area contributed by atoms with E-state index in [1.807, 2.05) is 24.3 Å². The fraction of sp³-hybridized carbons (Fsp3) is 0.214. The second-order valence-corrected chi connectivity index (χ2v) is 4.68. The topological polar surface area (TPSA) is 24.9 Å². The Hall–Kier alpha value is -1.19. The number of nitrogens with zero attached hydrogens (tertiary/aromatic N) is 1. The summed E-state index contributed by atoms with van der Waals surface area (Å²) in [5.74, 6) is 0. The largest absolute Gasteiger partial charge is 0.311 e. The van der Waals surface area contributed by atoms with Crippen molar-refractivity contribution in [1.29, 1.82) is 0 Å². The average Bonchev–Trinajstić information content (AvgIpc) is 2.36. The zero-order chi connectivity index (χ0) is 11.9. The van der Waals surface area contributed by atoms with Gasteiger partial charge in [-0.15, -0.1) is 0 Å². The van der Waals surface area contributed by atoms with E-state index in [1.54, 1.807) is 0 Å². The summed E-state index contributed by atoms with van der Waals surface area (Å²) >= 11 is 3.37. The fourth-order valence-electron chi connectivity index (χ4n) is 1.64. The molecular formula is C14H15BrN2. The molecule has 0 aliphatic rings. The lowest BCUT2D eigenvalue weighted by Gasteiger charge is -2.04. The van der Waals surface area contributed by atoms with Gasteiger partial charge in [-0.3, -0.25) is 0 Å². The van der Waals surface area contributed by atoms with E-state index in [-0.39, 0.29) is 0 Å². The summed E-state index contributed by atoms with van der Waals surface area (Å²) in [7, 11) is 0. The van der Waals surface area contributed by atoms with Gasteiger partial charge in [-0.05, 0) is 46.6 Å². The highest BCUT2D eigenvalue weighted by Gasteiger charge is 1.95. The summed E-state index contributed by atoms with van der Waals surface area (Å²) < 4.78 is 0.889. The minimum absolute atomic E-state index is 0.812. The molecule has 2 nitrogen and oxygen atoms in total. The van der Waals surface area contributed by atoms with Gasteiger partial charge in [0, 0.05) is 6.54 Å². The van der Waals surface area contributed by atoms with Gasteiger partial charge in [0.1, 0.15) is 4.60 Å². The molecule has 0 saturated heterocycles. The molecule has 1 N–H and O–H groups in total. The van der Waals surface area contributed by atoms with Crippen LogP contribution in [-0.4, -0.2) is 11.5 Å². The predicted molar refractivity (Wildman–Crippen MR) is 73.8 cm³/mol. The first kappa shape index (κ1) is 12.3. The number of pyridine rings is 1. The van der Waals surface area contributed by atoms with Crippen LogP contribution in [0.2, 0.25) is 0 Å².